The zero-order valence-corrected chi connectivity index (χ0v) is 8.95. The van der Waals surface area contributed by atoms with Crippen LogP contribution in [-0.2, 0) is 6.42 Å². The van der Waals surface area contributed by atoms with E-state index in [-0.39, 0.29) is 0 Å². The molecule has 1 aliphatic rings. The molecule has 0 radical (unpaired) electrons. The summed E-state index contributed by atoms with van der Waals surface area (Å²) in [6, 6.07) is 6.03. The van der Waals surface area contributed by atoms with Crippen LogP contribution in [0.3, 0.4) is 0 Å². The average Bonchev–Trinajstić information content (AvgIpc) is 2.32. The lowest BCUT2D eigenvalue weighted by Crippen LogP contribution is -2.27. The van der Waals surface area contributed by atoms with E-state index in [2.05, 4.69) is 21.4 Å². The molecule has 1 aliphatic heterocycles. The molecule has 0 amide bonds. The van der Waals surface area contributed by atoms with Crippen molar-refractivity contribution in [1.82, 2.24) is 10.3 Å². The molecule has 0 aromatic carbocycles. The van der Waals surface area contributed by atoms with E-state index in [1.54, 1.807) is 0 Å². The van der Waals surface area contributed by atoms with E-state index in [1.807, 2.05) is 18.3 Å². The van der Waals surface area contributed by atoms with Crippen molar-refractivity contribution < 1.29 is 0 Å². The molecule has 1 aromatic heterocycles. The van der Waals surface area contributed by atoms with Crippen LogP contribution in [0.15, 0.2) is 29.4 Å². The molecule has 1 aromatic rings. The molecule has 3 heteroatoms. The van der Waals surface area contributed by atoms with E-state index in [4.69, 9.17) is 0 Å². The van der Waals surface area contributed by atoms with Gasteiger partial charge in [-0.3, -0.25) is 9.98 Å². The van der Waals surface area contributed by atoms with Crippen molar-refractivity contribution >= 4 is 5.84 Å². The van der Waals surface area contributed by atoms with E-state index in [9.17, 15) is 0 Å². The average molecular weight is 203 g/mol. The summed E-state index contributed by atoms with van der Waals surface area (Å²) in [5.74, 6) is 1.18. The van der Waals surface area contributed by atoms with Crippen molar-refractivity contribution in [3.05, 3.63) is 30.1 Å². The molecule has 80 valence electrons. The zero-order valence-electron chi connectivity index (χ0n) is 8.95. The SMILES string of the molecule is c1ccc(CCNC2=NCCCC2)nc1. The number of rotatable bonds is 3. The summed E-state index contributed by atoms with van der Waals surface area (Å²) in [6.07, 6.45) is 6.44. The lowest BCUT2D eigenvalue weighted by molar-refractivity contribution is 0.703. The second kappa shape index (κ2) is 5.49. The zero-order chi connectivity index (χ0) is 10.3. The normalized spacial score (nSPS) is 15.9. The third-order valence-electron chi connectivity index (χ3n) is 2.56. The molecular weight excluding hydrogens is 186 g/mol. The Kier molecular flexibility index (Phi) is 3.71. The Morgan fingerprint density at radius 3 is 3.00 bits per heavy atom. The van der Waals surface area contributed by atoms with Gasteiger partial charge in [0.15, 0.2) is 0 Å². The van der Waals surface area contributed by atoms with Crippen LogP contribution in [0.4, 0.5) is 0 Å². The van der Waals surface area contributed by atoms with Gasteiger partial charge in [0, 0.05) is 37.8 Å². The first-order valence-corrected chi connectivity index (χ1v) is 5.62. The van der Waals surface area contributed by atoms with E-state index in [0.717, 1.165) is 31.6 Å². The Morgan fingerprint density at radius 1 is 1.27 bits per heavy atom. The maximum atomic E-state index is 4.45. The topological polar surface area (TPSA) is 37.3 Å². The van der Waals surface area contributed by atoms with Gasteiger partial charge in [-0.05, 0) is 25.0 Å². The number of pyridine rings is 1. The fourth-order valence-corrected chi connectivity index (χ4v) is 1.72. The molecule has 0 spiro atoms. The first kappa shape index (κ1) is 10.1. The van der Waals surface area contributed by atoms with Crippen LogP contribution in [0.5, 0.6) is 0 Å². The number of nitrogens with zero attached hydrogens (tertiary/aromatic N) is 2. The molecule has 2 rings (SSSR count). The highest BCUT2D eigenvalue weighted by Gasteiger charge is 2.03. The molecule has 1 N–H and O–H groups in total. The standard InChI is InChI=1S/C12H17N3/c1-3-8-13-11(5-1)7-10-15-12-6-2-4-9-14-12/h1,3,5,8H,2,4,6-7,9-10H2,(H,14,15). The quantitative estimate of drug-likeness (QED) is 0.813. The fraction of sp³-hybridized carbons (Fsp3) is 0.500. The third kappa shape index (κ3) is 3.35. The Morgan fingerprint density at radius 2 is 2.27 bits per heavy atom. The highest BCUT2D eigenvalue weighted by atomic mass is 15.0. The van der Waals surface area contributed by atoms with Gasteiger partial charge in [-0.25, -0.2) is 0 Å². The van der Waals surface area contributed by atoms with Crippen LogP contribution in [0.2, 0.25) is 0 Å². The molecule has 0 aliphatic carbocycles. The van der Waals surface area contributed by atoms with E-state index < -0.39 is 0 Å². The molecular formula is C12H17N3. The maximum absolute atomic E-state index is 4.45. The molecule has 3 nitrogen and oxygen atoms in total. The molecule has 0 bridgehead atoms. The first-order valence-electron chi connectivity index (χ1n) is 5.62. The summed E-state index contributed by atoms with van der Waals surface area (Å²) in [5, 5.41) is 3.38. The fourth-order valence-electron chi connectivity index (χ4n) is 1.72. The Bertz CT molecular complexity index is 319. The minimum Gasteiger partial charge on any atom is -0.373 e. The predicted octanol–water partition coefficient (Wildman–Crippen LogP) is 1.80. The largest absolute Gasteiger partial charge is 0.373 e. The van der Waals surface area contributed by atoms with Gasteiger partial charge in [-0.2, -0.15) is 0 Å². The van der Waals surface area contributed by atoms with Crippen molar-refractivity contribution in [3.63, 3.8) is 0 Å². The smallest absolute Gasteiger partial charge is 0.0963 e. The Hall–Kier alpha value is -1.38. The molecule has 0 atom stereocenters. The second-order valence-corrected chi connectivity index (χ2v) is 3.78. The van der Waals surface area contributed by atoms with Gasteiger partial charge >= 0.3 is 0 Å². The van der Waals surface area contributed by atoms with Crippen LogP contribution < -0.4 is 5.32 Å². The maximum Gasteiger partial charge on any atom is 0.0963 e. The molecule has 2 heterocycles. The van der Waals surface area contributed by atoms with Crippen molar-refractivity contribution in [2.75, 3.05) is 13.1 Å². The minimum absolute atomic E-state index is 0.940. The molecule has 0 unspecified atom stereocenters. The summed E-state index contributed by atoms with van der Waals surface area (Å²) in [7, 11) is 0. The number of hydrogen-bond acceptors (Lipinski definition) is 3. The van der Waals surface area contributed by atoms with Crippen LogP contribution >= 0.6 is 0 Å². The van der Waals surface area contributed by atoms with Crippen LogP contribution in [0.1, 0.15) is 25.0 Å². The summed E-state index contributed by atoms with van der Waals surface area (Å²) in [4.78, 5) is 8.73. The van der Waals surface area contributed by atoms with Crippen molar-refractivity contribution in [1.29, 1.82) is 0 Å². The highest BCUT2D eigenvalue weighted by Crippen LogP contribution is 2.03. The van der Waals surface area contributed by atoms with E-state index in [0.29, 0.717) is 0 Å². The molecule has 0 saturated heterocycles. The van der Waals surface area contributed by atoms with E-state index in [1.165, 1.54) is 18.7 Å². The van der Waals surface area contributed by atoms with Gasteiger partial charge in [0.2, 0.25) is 0 Å². The van der Waals surface area contributed by atoms with Crippen molar-refractivity contribution in [2.24, 2.45) is 4.99 Å². The molecule has 0 fully saturated rings. The summed E-state index contributed by atoms with van der Waals surface area (Å²) >= 11 is 0. The van der Waals surface area contributed by atoms with E-state index >= 15 is 0 Å². The van der Waals surface area contributed by atoms with Crippen LogP contribution in [-0.4, -0.2) is 23.9 Å². The van der Waals surface area contributed by atoms with Gasteiger partial charge in [0.25, 0.3) is 0 Å². The Balaban J connectivity index is 1.73. The molecule has 0 saturated carbocycles. The highest BCUT2D eigenvalue weighted by molar-refractivity contribution is 5.82. The monoisotopic (exact) mass is 203 g/mol. The number of aliphatic imine (C=N–C) groups is 1. The summed E-state index contributed by atoms with van der Waals surface area (Å²) in [5.41, 5.74) is 1.14. The van der Waals surface area contributed by atoms with Gasteiger partial charge in [-0.1, -0.05) is 6.07 Å². The van der Waals surface area contributed by atoms with Gasteiger partial charge in [0.05, 0.1) is 5.84 Å². The Labute approximate surface area is 90.6 Å². The first-order chi connectivity index (χ1) is 7.45. The molecule has 15 heavy (non-hydrogen) atoms. The minimum atomic E-state index is 0.940. The third-order valence-corrected chi connectivity index (χ3v) is 2.56. The lowest BCUT2D eigenvalue weighted by atomic mass is 10.2. The van der Waals surface area contributed by atoms with Crippen molar-refractivity contribution in [2.45, 2.75) is 25.7 Å². The summed E-state index contributed by atoms with van der Waals surface area (Å²) in [6.45, 7) is 1.93. The number of aromatic nitrogens is 1. The van der Waals surface area contributed by atoms with Crippen LogP contribution in [0.25, 0.3) is 0 Å². The predicted molar refractivity (Wildman–Crippen MR) is 62.1 cm³/mol. The number of amidine groups is 1. The van der Waals surface area contributed by atoms with Crippen LogP contribution in [0, 0.1) is 0 Å². The lowest BCUT2D eigenvalue weighted by Gasteiger charge is -2.13. The van der Waals surface area contributed by atoms with Crippen molar-refractivity contribution in [3.8, 4) is 0 Å². The van der Waals surface area contributed by atoms with Gasteiger partial charge in [-0.15, -0.1) is 0 Å². The van der Waals surface area contributed by atoms with Gasteiger partial charge in [0.1, 0.15) is 0 Å². The van der Waals surface area contributed by atoms with Gasteiger partial charge < -0.3 is 5.32 Å². The second-order valence-electron chi connectivity index (χ2n) is 3.78. The number of hydrogen-bond donors (Lipinski definition) is 1. The summed E-state index contributed by atoms with van der Waals surface area (Å²) < 4.78 is 0. The number of nitrogens with one attached hydrogen (secondary N) is 1.